The molecule has 0 aromatic heterocycles. The highest BCUT2D eigenvalue weighted by atomic mass is 35.5. The maximum atomic E-state index is 12.2. The molecule has 146 valence electrons. The molecule has 0 saturated heterocycles. The maximum absolute atomic E-state index is 12.2. The van der Waals surface area contributed by atoms with Crippen LogP contribution in [-0.4, -0.2) is 46.0 Å². The number of ether oxygens (including phenoxy) is 1. The van der Waals surface area contributed by atoms with Gasteiger partial charge < -0.3 is 9.64 Å². The number of benzene rings is 2. The molecule has 0 bridgehead atoms. The number of hydrogen-bond donors (Lipinski definition) is 1. The number of hydrogen-bond acceptors (Lipinski definition) is 4. The smallest absolute Gasteiger partial charge is 0.240 e. The summed E-state index contributed by atoms with van der Waals surface area (Å²) in [5.41, 5.74) is 1.03. The zero-order chi connectivity index (χ0) is 19.9. The summed E-state index contributed by atoms with van der Waals surface area (Å²) in [5.74, 6) is 0.616. The first-order valence-electron chi connectivity index (χ1n) is 8.47. The Morgan fingerprint density at radius 2 is 1.93 bits per heavy atom. The van der Waals surface area contributed by atoms with Crippen LogP contribution in [0.25, 0.3) is 0 Å². The molecule has 0 fully saturated rings. The average molecular weight is 411 g/mol. The van der Waals surface area contributed by atoms with Crippen LogP contribution in [0.3, 0.4) is 0 Å². The number of nitrogens with one attached hydrogen (secondary N) is 1. The van der Waals surface area contributed by atoms with Gasteiger partial charge in [-0.15, -0.1) is 0 Å². The van der Waals surface area contributed by atoms with Crippen LogP contribution < -0.4 is 9.46 Å². The fraction of sp³-hybridized carbons (Fsp3) is 0.316. The van der Waals surface area contributed by atoms with Gasteiger partial charge in [0.25, 0.3) is 0 Å². The molecule has 2 aromatic rings. The van der Waals surface area contributed by atoms with Crippen LogP contribution in [0.1, 0.15) is 12.0 Å². The topological polar surface area (TPSA) is 75.7 Å². The third-order valence-corrected chi connectivity index (χ3v) is 5.63. The lowest BCUT2D eigenvalue weighted by atomic mass is 10.2. The van der Waals surface area contributed by atoms with Crippen LogP contribution in [0.15, 0.2) is 53.4 Å². The minimum absolute atomic E-state index is 0.0106. The van der Waals surface area contributed by atoms with Gasteiger partial charge >= 0.3 is 0 Å². The van der Waals surface area contributed by atoms with E-state index in [9.17, 15) is 13.2 Å². The maximum Gasteiger partial charge on any atom is 0.240 e. The van der Waals surface area contributed by atoms with Gasteiger partial charge in [0.15, 0.2) is 0 Å². The van der Waals surface area contributed by atoms with Crippen molar-refractivity contribution in [2.75, 3.05) is 26.7 Å². The van der Waals surface area contributed by atoms with Gasteiger partial charge in [-0.2, -0.15) is 0 Å². The number of amides is 1. The van der Waals surface area contributed by atoms with Crippen LogP contribution in [0.2, 0.25) is 5.02 Å². The molecule has 6 nitrogen and oxygen atoms in total. The number of carbonyl (C=O) groups is 1. The van der Waals surface area contributed by atoms with Crippen molar-refractivity contribution in [2.45, 2.75) is 18.2 Å². The monoisotopic (exact) mass is 410 g/mol. The summed E-state index contributed by atoms with van der Waals surface area (Å²) in [4.78, 5) is 13.7. The van der Waals surface area contributed by atoms with E-state index in [0.717, 1.165) is 11.3 Å². The van der Waals surface area contributed by atoms with Gasteiger partial charge in [0.1, 0.15) is 12.4 Å². The first-order valence-corrected chi connectivity index (χ1v) is 10.3. The molecule has 0 aliphatic rings. The molecule has 0 unspecified atom stereocenters. The van der Waals surface area contributed by atoms with E-state index in [1.54, 1.807) is 19.2 Å². The summed E-state index contributed by atoms with van der Waals surface area (Å²) in [6, 6.07) is 13.6. The van der Waals surface area contributed by atoms with Crippen molar-refractivity contribution in [2.24, 2.45) is 0 Å². The van der Waals surface area contributed by atoms with E-state index in [1.165, 1.54) is 17.0 Å². The Kier molecular flexibility index (Phi) is 7.65. The third kappa shape index (κ3) is 6.53. The lowest BCUT2D eigenvalue weighted by Crippen LogP contribution is -2.34. The Morgan fingerprint density at radius 1 is 1.19 bits per heavy atom. The SMILES string of the molecule is Cc1ccccc1OCCN(C)C(=O)CCNS(=O)(=O)c1cccc(Cl)c1. The minimum atomic E-state index is -3.69. The van der Waals surface area contributed by atoms with Gasteiger partial charge in [-0.05, 0) is 36.8 Å². The Labute approximate surface area is 165 Å². The van der Waals surface area contributed by atoms with Crippen molar-refractivity contribution in [3.05, 3.63) is 59.1 Å². The second-order valence-corrected chi connectivity index (χ2v) is 8.24. The molecule has 0 heterocycles. The number of rotatable bonds is 9. The average Bonchev–Trinajstić information content (AvgIpc) is 2.63. The predicted molar refractivity (Wildman–Crippen MR) is 106 cm³/mol. The highest BCUT2D eigenvalue weighted by Crippen LogP contribution is 2.16. The summed E-state index contributed by atoms with van der Waals surface area (Å²) >= 11 is 5.81. The molecule has 0 spiro atoms. The van der Waals surface area contributed by atoms with Crippen molar-refractivity contribution in [3.63, 3.8) is 0 Å². The first-order chi connectivity index (χ1) is 12.8. The molecular formula is C19H23ClN2O4S. The number of sulfonamides is 1. The van der Waals surface area contributed by atoms with Crippen LogP contribution in [0.4, 0.5) is 0 Å². The zero-order valence-corrected chi connectivity index (χ0v) is 16.9. The standard InChI is InChI=1S/C19H23ClN2O4S/c1-15-6-3-4-9-18(15)26-13-12-22(2)19(23)10-11-21-27(24,25)17-8-5-7-16(20)14-17/h3-9,14,21H,10-13H2,1-2H3. The highest BCUT2D eigenvalue weighted by molar-refractivity contribution is 7.89. The highest BCUT2D eigenvalue weighted by Gasteiger charge is 2.15. The summed E-state index contributed by atoms with van der Waals surface area (Å²) in [5, 5.41) is 0.335. The predicted octanol–water partition coefficient (Wildman–Crippen LogP) is 2.85. The van der Waals surface area contributed by atoms with E-state index in [4.69, 9.17) is 16.3 Å². The van der Waals surface area contributed by atoms with Gasteiger partial charge in [-0.1, -0.05) is 35.9 Å². The zero-order valence-electron chi connectivity index (χ0n) is 15.3. The molecule has 0 saturated carbocycles. The summed E-state index contributed by atoms with van der Waals surface area (Å²) < 4.78 is 32.4. The molecule has 1 N–H and O–H groups in total. The summed E-state index contributed by atoms with van der Waals surface area (Å²) in [6.45, 7) is 2.74. The lowest BCUT2D eigenvalue weighted by molar-refractivity contribution is -0.130. The molecular weight excluding hydrogens is 388 g/mol. The number of carbonyl (C=O) groups excluding carboxylic acids is 1. The number of likely N-dealkylation sites (N-methyl/N-ethyl adjacent to an activating group) is 1. The van der Waals surface area contributed by atoms with Crippen molar-refractivity contribution >= 4 is 27.5 Å². The minimum Gasteiger partial charge on any atom is -0.491 e. The van der Waals surface area contributed by atoms with Crippen molar-refractivity contribution in [1.29, 1.82) is 0 Å². The Bertz CT molecular complexity index is 887. The Hall–Kier alpha value is -2.09. The largest absolute Gasteiger partial charge is 0.491 e. The van der Waals surface area contributed by atoms with E-state index in [0.29, 0.717) is 18.2 Å². The molecule has 1 amide bonds. The van der Waals surface area contributed by atoms with Crippen LogP contribution >= 0.6 is 11.6 Å². The molecule has 0 aliphatic heterocycles. The number of para-hydroxylation sites is 1. The molecule has 0 radical (unpaired) electrons. The first kappa shape index (κ1) is 21.2. The number of aryl methyl sites for hydroxylation is 1. The van der Waals surface area contributed by atoms with E-state index in [-0.39, 0.29) is 23.8 Å². The van der Waals surface area contributed by atoms with Crippen LogP contribution in [-0.2, 0) is 14.8 Å². The van der Waals surface area contributed by atoms with E-state index >= 15 is 0 Å². The second kappa shape index (κ2) is 9.73. The van der Waals surface area contributed by atoms with E-state index in [1.807, 2.05) is 31.2 Å². The van der Waals surface area contributed by atoms with Crippen molar-refractivity contribution < 1.29 is 17.9 Å². The second-order valence-electron chi connectivity index (χ2n) is 6.03. The van der Waals surface area contributed by atoms with Crippen LogP contribution in [0, 0.1) is 6.92 Å². The van der Waals surface area contributed by atoms with Gasteiger partial charge in [0, 0.05) is 25.0 Å². The fourth-order valence-corrected chi connectivity index (χ4v) is 3.67. The fourth-order valence-electron chi connectivity index (χ4n) is 2.34. The third-order valence-electron chi connectivity index (χ3n) is 3.94. The lowest BCUT2D eigenvalue weighted by Gasteiger charge is -2.18. The molecule has 27 heavy (non-hydrogen) atoms. The molecule has 0 aliphatic carbocycles. The Balaban J connectivity index is 1.75. The van der Waals surface area contributed by atoms with Gasteiger partial charge in [0.05, 0.1) is 11.4 Å². The van der Waals surface area contributed by atoms with Gasteiger partial charge in [-0.25, -0.2) is 13.1 Å². The van der Waals surface area contributed by atoms with Crippen molar-refractivity contribution in [3.8, 4) is 5.75 Å². The van der Waals surface area contributed by atoms with Crippen LogP contribution in [0.5, 0.6) is 5.75 Å². The quantitative estimate of drug-likeness (QED) is 0.689. The molecule has 0 atom stereocenters. The van der Waals surface area contributed by atoms with Gasteiger partial charge in [0.2, 0.25) is 15.9 Å². The van der Waals surface area contributed by atoms with E-state index in [2.05, 4.69) is 4.72 Å². The van der Waals surface area contributed by atoms with Gasteiger partial charge in [-0.3, -0.25) is 4.79 Å². The van der Waals surface area contributed by atoms with E-state index < -0.39 is 10.0 Å². The molecule has 2 aromatic carbocycles. The summed E-state index contributed by atoms with van der Waals surface area (Å²) in [7, 11) is -2.03. The normalized spacial score (nSPS) is 11.2. The number of nitrogens with zero attached hydrogens (tertiary/aromatic N) is 1. The molecule has 8 heteroatoms. The number of halogens is 1. The van der Waals surface area contributed by atoms with Crippen molar-refractivity contribution in [1.82, 2.24) is 9.62 Å². The summed E-state index contributed by atoms with van der Waals surface area (Å²) in [6.07, 6.45) is 0.0562. The Morgan fingerprint density at radius 3 is 2.63 bits per heavy atom. The molecule has 2 rings (SSSR count).